The Hall–Kier alpha value is -3.93. The molecule has 6 nitrogen and oxygen atoms in total. The van der Waals surface area contributed by atoms with Crippen LogP contribution in [-0.4, -0.2) is 20.8 Å². The van der Waals surface area contributed by atoms with Crippen molar-refractivity contribution in [3.8, 4) is 5.69 Å². The van der Waals surface area contributed by atoms with E-state index in [4.69, 9.17) is 5.10 Å². The van der Waals surface area contributed by atoms with Gasteiger partial charge in [-0.05, 0) is 47.9 Å². The van der Waals surface area contributed by atoms with Gasteiger partial charge in [0.2, 0.25) is 0 Å². The summed E-state index contributed by atoms with van der Waals surface area (Å²) in [4.78, 5) is 16.9. The predicted octanol–water partition coefficient (Wildman–Crippen LogP) is 5.80. The third-order valence-corrected chi connectivity index (χ3v) is 5.06. The zero-order valence-electron chi connectivity index (χ0n) is 18.5. The van der Waals surface area contributed by atoms with Crippen LogP contribution in [-0.2, 0) is 11.8 Å². The van der Waals surface area contributed by atoms with Crippen molar-refractivity contribution in [2.45, 2.75) is 32.6 Å². The van der Waals surface area contributed by atoms with Crippen molar-refractivity contribution in [2.75, 3.05) is 10.6 Å². The number of para-hydroxylation sites is 1. The summed E-state index contributed by atoms with van der Waals surface area (Å²) in [5, 5.41) is 10.6. The monoisotopic (exact) mass is 425 g/mol. The molecule has 0 saturated heterocycles. The zero-order chi connectivity index (χ0) is 22.6. The van der Waals surface area contributed by atoms with Gasteiger partial charge < -0.3 is 5.32 Å². The van der Waals surface area contributed by atoms with Crippen molar-refractivity contribution in [2.24, 2.45) is 0 Å². The summed E-state index contributed by atoms with van der Waals surface area (Å²) < 4.78 is 1.76. The van der Waals surface area contributed by atoms with E-state index in [1.807, 2.05) is 79.0 Å². The molecule has 0 bridgehead atoms. The normalized spacial score (nSPS) is 11.2. The van der Waals surface area contributed by atoms with Gasteiger partial charge in [-0.25, -0.2) is 9.48 Å². The summed E-state index contributed by atoms with van der Waals surface area (Å²) in [6.45, 7) is 6.30. The number of amides is 2. The van der Waals surface area contributed by atoms with E-state index >= 15 is 0 Å². The maximum Gasteiger partial charge on any atom is 0.324 e. The Bertz CT molecular complexity index is 1180. The van der Waals surface area contributed by atoms with Gasteiger partial charge in [-0.3, -0.25) is 10.3 Å². The molecule has 2 heterocycles. The van der Waals surface area contributed by atoms with Crippen LogP contribution >= 0.6 is 0 Å². The molecular weight excluding hydrogens is 398 g/mol. The number of aromatic nitrogens is 3. The van der Waals surface area contributed by atoms with Gasteiger partial charge in [0.15, 0.2) is 0 Å². The molecule has 2 aromatic heterocycles. The van der Waals surface area contributed by atoms with Crippen LogP contribution in [0, 0.1) is 0 Å². The minimum atomic E-state index is -0.317. The number of rotatable bonds is 5. The van der Waals surface area contributed by atoms with E-state index in [9.17, 15) is 4.79 Å². The van der Waals surface area contributed by atoms with E-state index in [-0.39, 0.29) is 11.4 Å². The Morgan fingerprint density at radius 1 is 0.906 bits per heavy atom. The maximum atomic E-state index is 12.7. The number of hydrogen-bond acceptors (Lipinski definition) is 3. The molecule has 32 heavy (non-hydrogen) atoms. The number of pyridine rings is 1. The van der Waals surface area contributed by atoms with Gasteiger partial charge in [0.1, 0.15) is 5.82 Å². The first kappa shape index (κ1) is 21.3. The molecule has 0 fully saturated rings. The van der Waals surface area contributed by atoms with E-state index in [0.29, 0.717) is 5.82 Å². The Morgan fingerprint density at radius 3 is 2.31 bits per heavy atom. The molecule has 2 aromatic carbocycles. The SMILES string of the molecule is CC(C)(C)c1cc(NC(=O)Nc2ccc(Cc3cccnc3)cc2)n(-c2ccccc2)n1. The fourth-order valence-electron chi connectivity index (χ4n) is 3.33. The van der Waals surface area contributed by atoms with Crippen molar-refractivity contribution in [3.63, 3.8) is 0 Å². The molecule has 0 saturated carbocycles. The number of hydrogen-bond donors (Lipinski definition) is 2. The van der Waals surface area contributed by atoms with Gasteiger partial charge in [-0.15, -0.1) is 0 Å². The number of nitrogens with zero attached hydrogens (tertiary/aromatic N) is 3. The molecule has 4 aromatic rings. The second-order valence-corrected chi connectivity index (χ2v) is 8.73. The highest BCUT2D eigenvalue weighted by Crippen LogP contribution is 2.26. The molecule has 0 aliphatic rings. The lowest BCUT2D eigenvalue weighted by atomic mass is 9.92. The van der Waals surface area contributed by atoms with E-state index in [1.165, 1.54) is 0 Å². The fourth-order valence-corrected chi connectivity index (χ4v) is 3.33. The van der Waals surface area contributed by atoms with Gasteiger partial charge in [0, 0.05) is 29.6 Å². The first-order valence-electron chi connectivity index (χ1n) is 10.6. The zero-order valence-corrected chi connectivity index (χ0v) is 18.5. The maximum absolute atomic E-state index is 12.7. The summed E-state index contributed by atoms with van der Waals surface area (Å²) in [5.41, 5.74) is 4.67. The van der Waals surface area contributed by atoms with Crippen LogP contribution in [0.25, 0.3) is 5.69 Å². The van der Waals surface area contributed by atoms with E-state index in [2.05, 4.69) is 36.4 Å². The van der Waals surface area contributed by atoms with Crippen LogP contribution in [0.15, 0.2) is 85.2 Å². The van der Waals surface area contributed by atoms with Gasteiger partial charge in [-0.2, -0.15) is 5.10 Å². The number of carbonyl (C=O) groups is 1. The van der Waals surface area contributed by atoms with E-state index < -0.39 is 0 Å². The molecule has 0 spiro atoms. The van der Waals surface area contributed by atoms with Crippen LogP contribution in [0.1, 0.15) is 37.6 Å². The van der Waals surface area contributed by atoms with Crippen molar-refractivity contribution >= 4 is 17.5 Å². The highest BCUT2D eigenvalue weighted by molar-refractivity contribution is 5.99. The van der Waals surface area contributed by atoms with E-state index in [1.54, 1.807) is 10.9 Å². The lowest BCUT2D eigenvalue weighted by molar-refractivity contribution is 0.262. The summed E-state index contributed by atoms with van der Waals surface area (Å²) in [5.74, 6) is 0.617. The van der Waals surface area contributed by atoms with Crippen LogP contribution in [0.5, 0.6) is 0 Å². The van der Waals surface area contributed by atoms with Crippen LogP contribution in [0.2, 0.25) is 0 Å². The van der Waals surface area contributed by atoms with Crippen LogP contribution in [0.3, 0.4) is 0 Å². The second kappa shape index (κ2) is 9.06. The lowest BCUT2D eigenvalue weighted by Crippen LogP contribution is -2.21. The van der Waals surface area contributed by atoms with Gasteiger partial charge >= 0.3 is 6.03 Å². The molecule has 0 unspecified atom stereocenters. The van der Waals surface area contributed by atoms with Gasteiger partial charge in [-0.1, -0.05) is 57.2 Å². The predicted molar refractivity (Wildman–Crippen MR) is 128 cm³/mol. The molecule has 2 amide bonds. The molecule has 0 radical (unpaired) electrons. The van der Waals surface area contributed by atoms with Crippen molar-refractivity contribution < 1.29 is 4.79 Å². The van der Waals surface area contributed by atoms with Crippen molar-refractivity contribution in [1.82, 2.24) is 14.8 Å². The third kappa shape index (κ3) is 5.21. The highest BCUT2D eigenvalue weighted by Gasteiger charge is 2.21. The molecular formula is C26H27N5O. The minimum Gasteiger partial charge on any atom is -0.308 e. The first-order valence-corrected chi connectivity index (χ1v) is 10.6. The molecule has 0 aliphatic heterocycles. The Balaban J connectivity index is 1.47. The smallest absolute Gasteiger partial charge is 0.308 e. The topological polar surface area (TPSA) is 71.8 Å². The number of anilines is 2. The standard InChI is InChI=1S/C26H27N5O/c1-26(2,3)23-17-24(31(30-23)22-9-5-4-6-10-22)29-25(32)28-21-13-11-19(12-14-21)16-20-8-7-15-27-18-20/h4-15,17-18H,16H2,1-3H3,(H2,28,29,32). The van der Waals surface area contributed by atoms with E-state index in [0.717, 1.165) is 34.6 Å². The molecule has 6 heteroatoms. The summed E-state index contributed by atoms with van der Waals surface area (Å²) in [7, 11) is 0. The average molecular weight is 426 g/mol. The van der Waals surface area contributed by atoms with Crippen LogP contribution < -0.4 is 10.6 Å². The first-order chi connectivity index (χ1) is 15.4. The quantitative estimate of drug-likeness (QED) is 0.424. The summed E-state index contributed by atoms with van der Waals surface area (Å²) in [6.07, 6.45) is 4.43. The largest absolute Gasteiger partial charge is 0.324 e. The fraction of sp³-hybridized carbons (Fsp3) is 0.192. The van der Waals surface area contributed by atoms with Gasteiger partial charge in [0.05, 0.1) is 11.4 Å². The van der Waals surface area contributed by atoms with Crippen molar-refractivity contribution in [1.29, 1.82) is 0 Å². The molecule has 0 aliphatic carbocycles. The number of carbonyl (C=O) groups excluding carboxylic acids is 1. The van der Waals surface area contributed by atoms with Crippen molar-refractivity contribution in [3.05, 3.63) is 102 Å². The number of urea groups is 1. The Labute approximate surface area is 188 Å². The Kier molecular flexibility index (Phi) is 6.03. The number of nitrogens with one attached hydrogen (secondary N) is 2. The summed E-state index contributed by atoms with van der Waals surface area (Å²) in [6, 6.07) is 23.2. The van der Waals surface area contributed by atoms with Gasteiger partial charge in [0.25, 0.3) is 0 Å². The Morgan fingerprint density at radius 2 is 1.66 bits per heavy atom. The minimum absolute atomic E-state index is 0.142. The highest BCUT2D eigenvalue weighted by atomic mass is 16.2. The number of benzene rings is 2. The second-order valence-electron chi connectivity index (χ2n) is 8.73. The average Bonchev–Trinajstić information content (AvgIpc) is 3.21. The summed E-state index contributed by atoms with van der Waals surface area (Å²) >= 11 is 0. The third-order valence-electron chi connectivity index (χ3n) is 5.06. The molecule has 162 valence electrons. The molecule has 4 rings (SSSR count). The lowest BCUT2D eigenvalue weighted by Gasteiger charge is -2.14. The van der Waals surface area contributed by atoms with Crippen LogP contribution in [0.4, 0.5) is 16.3 Å². The molecule has 0 atom stereocenters. The molecule has 2 N–H and O–H groups in total.